The normalized spacial score (nSPS) is 10.5. The van der Waals surface area contributed by atoms with Gasteiger partial charge in [0.1, 0.15) is 17.2 Å². The summed E-state index contributed by atoms with van der Waals surface area (Å²) in [7, 11) is 3.15. The predicted octanol–water partition coefficient (Wildman–Crippen LogP) is 6.72. The predicted molar refractivity (Wildman–Crippen MR) is 138 cm³/mol. The van der Waals surface area contributed by atoms with Crippen LogP contribution in [0.5, 0.6) is 28.7 Å². The molecule has 0 unspecified atom stereocenters. The van der Waals surface area contributed by atoms with E-state index < -0.39 is 6.09 Å². The number of carbonyl (C=O) groups excluding carboxylic acids is 1. The first-order chi connectivity index (χ1) is 17.6. The molecule has 0 aliphatic heterocycles. The van der Waals surface area contributed by atoms with Crippen LogP contribution in [0, 0.1) is 0 Å². The lowest BCUT2D eigenvalue weighted by Gasteiger charge is -2.13. The molecule has 0 aliphatic rings. The smallest absolute Gasteiger partial charge is 0.411 e. The molecular formula is C27H25ClN2O6. The molecule has 0 fully saturated rings. The number of halogens is 1. The highest BCUT2D eigenvalue weighted by molar-refractivity contribution is 6.32. The van der Waals surface area contributed by atoms with Gasteiger partial charge in [0.2, 0.25) is 0 Å². The second-order valence-corrected chi connectivity index (χ2v) is 7.96. The lowest BCUT2D eigenvalue weighted by molar-refractivity contribution is 0.152. The molecule has 1 heterocycles. The fraction of sp³-hybridized carbons (Fsp3) is 0.185. The number of carbonyl (C=O) groups is 1. The van der Waals surface area contributed by atoms with E-state index in [0.29, 0.717) is 58.0 Å². The molecule has 1 N–H and O–H groups in total. The number of hydrogen-bond donors (Lipinski definition) is 1. The maximum Gasteiger partial charge on any atom is 0.411 e. The monoisotopic (exact) mass is 508 g/mol. The summed E-state index contributed by atoms with van der Waals surface area (Å²) in [6.07, 6.45) is 1.64. The molecule has 36 heavy (non-hydrogen) atoms. The first-order valence-electron chi connectivity index (χ1n) is 11.2. The van der Waals surface area contributed by atoms with Gasteiger partial charge in [0.15, 0.2) is 11.5 Å². The van der Waals surface area contributed by atoms with Crippen LogP contribution < -0.4 is 24.3 Å². The van der Waals surface area contributed by atoms with Crippen LogP contribution in [0.2, 0.25) is 5.02 Å². The number of amides is 1. The molecule has 0 spiro atoms. The van der Waals surface area contributed by atoms with Gasteiger partial charge in [0.25, 0.3) is 0 Å². The van der Waals surface area contributed by atoms with Crippen molar-refractivity contribution < 1.29 is 28.5 Å². The Labute approximate surface area is 213 Å². The molecule has 8 nitrogen and oxygen atoms in total. The van der Waals surface area contributed by atoms with Crippen LogP contribution in [0.15, 0.2) is 72.9 Å². The van der Waals surface area contributed by atoms with E-state index in [1.165, 1.54) is 0 Å². The Morgan fingerprint density at radius 3 is 2.39 bits per heavy atom. The number of nitrogens with one attached hydrogen (secondary N) is 1. The first-order valence-corrected chi connectivity index (χ1v) is 11.5. The summed E-state index contributed by atoms with van der Waals surface area (Å²) < 4.78 is 27.6. The fourth-order valence-corrected chi connectivity index (χ4v) is 3.58. The van der Waals surface area contributed by atoms with Crippen LogP contribution in [0.4, 0.5) is 10.5 Å². The van der Waals surface area contributed by atoms with Crippen LogP contribution >= 0.6 is 11.6 Å². The molecule has 1 aromatic heterocycles. The lowest BCUT2D eigenvalue weighted by Crippen LogP contribution is -2.15. The zero-order valence-corrected chi connectivity index (χ0v) is 20.6. The molecule has 186 valence electrons. The molecule has 0 aliphatic carbocycles. The maximum absolute atomic E-state index is 12.1. The minimum Gasteiger partial charge on any atom is -0.493 e. The highest BCUT2D eigenvalue weighted by Crippen LogP contribution is 2.37. The van der Waals surface area contributed by atoms with Gasteiger partial charge in [0.05, 0.1) is 38.0 Å². The van der Waals surface area contributed by atoms with Crippen molar-refractivity contribution in [1.82, 2.24) is 4.98 Å². The summed E-state index contributed by atoms with van der Waals surface area (Å²) in [5, 5.41) is 4.01. The van der Waals surface area contributed by atoms with E-state index in [0.717, 1.165) is 5.39 Å². The minimum absolute atomic E-state index is 0.209. The van der Waals surface area contributed by atoms with Gasteiger partial charge in [-0.3, -0.25) is 10.3 Å². The third-order valence-electron chi connectivity index (χ3n) is 5.15. The Morgan fingerprint density at radius 2 is 1.64 bits per heavy atom. The van der Waals surface area contributed by atoms with Gasteiger partial charge in [-0.2, -0.15) is 0 Å². The number of ether oxygens (including phenoxy) is 5. The van der Waals surface area contributed by atoms with Crippen LogP contribution in [-0.4, -0.2) is 38.5 Å². The van der Waals surface area contributed by atoms with Gasteiger partial charge in [-0.25, -0.2) is 4.79 Å². The molecular weight excluding hydrogens is 484 g/mol. The average Bonchev–Trinajstić information content (AvgIpc) is 2.90. The van der Waals surface area contributed by atoms with E-state index in [2.05, 4.69) is 10.3 Å². The van der Waals surface area contributed by atoms with E-state index in [-0.39, 0.29) is 6.61 Å². The Balaban J connectivity index is 1.29. The molecule has 0 saturated heterocycles. The Hall–Kier alpha value is -4.17. The second kappa shape index (κ2) is 12.0. The van der Waals surface area contributed by atoms with Crippen LogP contribution in [0.3, 0.4) is 0 Å². The summed E-state index contributed by atoms with van der Waals surface area (Å²) in [5.74, 6) is 2.97. The topological polar surface area (TPSA) is 88.1 Å². The van der Waals surface area contributed by atoms with Crippen molar-refractivity contribution in [3.8, 4) is 28.7 Å². The number of methoxy groups -OCH3 is 2. The third kappa shape index (κ3) is 6.28. The highest BCUT2D eigenvalue weighted by atomic mass is 35.5. The number of rotatable bonds is 10. The van der Waals surface area contributed by atoms with Gasteiger partial charge >= 0.3 is 6.09 Å². The number of para-hydroxylation sites is 1. The van der Waals surface area contributed by atoms with E-state index >= 15 is 0 Å². The zero-order chi connectivity index (χ0) is 25.3. The van der Waals surface area contributed by atoms with Crippen molar-refractivity contribution in [2.75, 3.05) is 32.8 Å². The van der Waals surface area contributed by atoms with Crippen molar-refractivity contribution in [1.29, 1.82) is 0 Å². The standard InChI is InChI=1S/C27H25ClN2O6/c1-32-25-16-20-22(17-26(25)33-2)29-13-12-23(20)36-19-10-8-18(9-11-19)30-27(31)35-15-5-14-34-24-7-4-3-6-21(24)28/h3-4,6-13,16-17H,5,14-15H2,1-2H3,(H,30,31). The maximum atomic E-state index is 12.1. The zero-order valence-electron chi connectivity index (χ0n) is 19.8. The van der Waals surface area contributed by atoms with Crippen molar-refractivity contribution in [2.45, 2.75) is 6.42 Å². The van der Waals surface area contributed by atoms with Crippen molar-refractivity contribution in [3.63, 3.8) is 0 Å². The Kier molecular flexibility index (Phi) is 8.31. The molecule has 4 aromatic rings. The van der Waals surface area contributed by atoms with E-state index in [9.17, 15) is 4.79 Å². The van der Waals surface area contributed by atoms with Crippen LogP contribution in [-0.2, 0) is 4.74 Å². The lowest BCUT2D eigenvalue weighted by atomic mass is 10.2. The van der Waals surface area contributed by atoms with E-state index in [1.54, 1.807) is 68.9 Å². The number of nitrogens with zero attached hydrogens (tertiary/aromatic N) is 1. The minimum atomic E-state index is -0.553. The highest BCUT2D eigenvalue weighted by Gasteiger charge is 2.12. The number of pyridine rings is 1. The molecule has 0 bridgehead atoms. The number of benzene rings is 3. The van der Waals surface area contributed by atoms with E-state index in [1.807, 2.05) is 18.2 Å². The van der Waals surface area contributed by atoms with Gasteiger partial charge in [-0.05, 0) is 48.5 Å². The summed E-state index contributed by atoms with van der Waals surface area (Å²) in [5.41, 5.74) is 1.29. The molecule has 0 saturated carbocycles. The Bertz CT molecular complexity index is 1330. The Morgan fingerprint density at radius 1 is 0.889 bits per heavy atom. The number of fused-ring (bicyclic) bond motifs is 1. The quantitative estimate of drug-likeness (QED) is 0.238. The molecule has 3 aromatic carbocycles. The summed E-state index contributed by atoms with van der Waals surface area (Å²) in [6, 6.07) is 19.6. The first kappa shape index (κ1) is 24.9. The molecule has 0 radical (unpaired) electrons. The third-order valence-corrected chi connectivity index (χ3v) is 5.46. The fourth-order valence-electron chi connectivity index (χ4n) is 3.39. The summed E-state index contributed by atoms with van der Waals surface area (Å²) >= 11 is 6.04. The molecule has 9 heteroatoms. The molecule has 1 amide bonds. The van der Waals surface area contributed by atoms with Crippen molar-refractivity contribution in [3.05, 3.63) is 77.9 Å². The van der Waals surface area contributed by atoms with E-state index in [4.69, 9.17) is 35.3 Å². The largest absolute Gasteiger partial charge is 0.493 e. The molecule has 4 rings (SSSR count). The number of aromatic nitrogens is 1. The van der Waals surface area contributed by atoms with Crippen molar-refractivity contribution in [2.24, 2.45) is 0 Å². The van der Waals surface area contributed by atoms with Gasteiger partial charge in [-0.1, -0.05) is 23.7 Å². The van der Waals surface area contributed by atoms with Gasteiger partial charge < -0.3 is 23.7 Å². The number of hydrogen-bond acceptors (Lipinski definition) is 7. The van der Waals surface area contributed by atoms with Gasteiger partial charge in [-0.15, -0.1) is 0 Å². The van der Waals surface area contributed by atoms with Crippen molar-refractivity contribution >= 4 is 34.3 Å². The average molecular weight is 509 g/mol. The summed E-state index contributed by atoms with van der Waals surface area (Å²) in [4.78, 5) is 16.5. The van der Waals surface area contributed by atoms with Crippen LogP contribution in [0.1, 0.15) is 6.42 Å². The van der Waals surface area contributed by atoms with Crippen LogP contribution in [0.25, 0.3) is 10.9 Å². The molecule has 0 atom stereocenters. The summed E-state index contributed by atoms with van der Waals surface area (Å²) in [6.45, 7) is 0.590. The number of anilines is 1. The second-order valence-electron chi connectivity index (χ2n) is 7.55. The van der Waals surface area contributed by atoms with Gasteiger partial charge in [0, 0.05) is 29.8 Å². The SMILES string of the molecule is COc1cc2nccc(Oc3ccc(NC(=O)OCCCOc4ccccc4Cl)cc3)c2cc1OC.